The van der Waals surface area contributed by atoms with Gasteiger partial charge in [0.1, 0.15) is 5.82 Å². The Morgan fingerprint density at radius 1 is 1.16 bits per heavy atom. The number of nitrogens with zero attached hydrogens (tertiary/aromatic N) is 3. The Kier molecular flexibility index (Phi) is 6.98. The fraction of sp³-hybridized carbons (Fsp3) is 0.143. The van der Waals surface area contributed by atoms with Gasteiger partial charge in [-0.15, -0.1) is 22.7 Å². The molecule has 32 heavy (non-hydrogen) atoms. The number of aryl methyl sites for hydroxylation is 1. The van der Waals surface area contributed by atoms with Crippen molar-refractivity contribution in [1.29, 1.82) is 0 Å². The average Bonchev–Trinajstić information content (AvgIpc) is 3.48. The second-order valence-electron chi connectivity index (χ2n) is 6.74. The summed E-state index contributed by atoms with van der Waals surface area (Å²) in [5.41, 5.74) is 0.885. The van der Waals surface area contributed by atoms with Crippen molar-refractivity contribution in [3.63, 3.8) is 0 Å². The molecule has 2 amide bonds. The first kappa shape index (κ1) is 22.2. The van der Waals surface area contributed by atoms with Crippen molar-refractivity contribution in [2.24, 2.45) is 7.05 Å². The maximum atomic E-state index is 13.8. The normalized spacial score (nSPS) is 10.8. The van der Waals surface area contributed by atoms with Gasteiger partial charge in [-0.25, -0.2) is 14.4 Å². The number of carbonyl (C=O) groups excluding carboxylic acids is 2. The largest absolute Gasteiger partial charge is 0.329 e. The quantitative estimate of drug-likeness (QED) is 0.379. The van der Waals surface area contributed by atoms with E-state index in [1.165, 1.54) is 46.6 Å². The van der Waals surface area contributed by atoms with Gasteiger partial charge in [0.25, 0.3) is 0 Å². The maximum absolute atomic E-state index is 13.8. The number of halogens is 1. The van der Waals surface area contributed by atoms with Crippen LogP contribution in [0.2, 0.25) is 0 Å². The minimum Gasteiger partial charge on any atom is -0.329 e. The van der Waals surface area contributed by atoms with Gasteiger partial charge in [-0.05, 0) is 41.4 Å². The molecule has 0 saturated carbocycles. The van der Waals surface area contributed by atoms with Gasteiger partial charge in [-0.3, -0.25) is 9.59 Å². The molecule has 1 aromatic carbocycles. The van der Waals surface area contributed by atoms with Gasteiger partial charge in [0.05, 0.1) is 24.2 Å². The van der Waals surface area contributed by atoms with Crippen LogP contribution < -0.4 is 10.6 Å². The molecule has 0 atom stereocenters. The van der Waals surface area contributed by atoms with Gasteiger partial charge >= 0.3 is 0 Å². The van der Waals surface area contributed by atoms with Crippen LogP contribution in [0.1, 0.15) is 10.6 Å². The molecule has 2 N–H and O–H groups in total. The fourth-order valence-corrected chi connectivity index (χ4v) is 5.08. The summed E-state index contributed by atoms with van der Waals surface area (Å²) < 4.78 is 15.6. The van der Waals surface area contributed by atoms with E-state index in [9.17, 15) is 14.0 Å². The molecular formula is C21H18FN5O2S3. The van der Waals surface area contributed by atoms with Crippen LogP contribution >= 0.6 is 34.4 Å². The van der Waals surface area contributed by atoms with Crippen LogP contribution in [0.4, 0.5) is 15.2 Å². The zero-order valence-electron chi connectivity index (χ0n) is 16.9. The number of imidazole rings is 1. The summed E-state index contributed by atoms with van der Waals surface area (Å²) >= 11 is 4.10. The van der Waals surface area contributed by atoms with Gasteiger partial charge in [-0.1, -0.05) is 6.07 Å². The molecular weight excluding hydrogens is 469 g/mol. The topological polar surface area (TPSA) is 88.9 Å². The predicted octanol–water partition coefficient (Wildman–Crippen LogP) is 4.59. The number of nitrogens with one attached hydrogen (secondary N) is 2. The van der Waals surface area contributed by atoms with E-state index in [4.69, 9.17) is 0 Å². The maximum Gasteiger partial charge on any atom is 0.231 e. The summed E-state index contributed by atoms with van der Waals surface area (Å²) in [6, 6.07) is 8.02. The summed E-state index contributed by atoms with van der Waals surface area (Å²) in [5, 5.41) is 10.3. The first-order chi connectivity index (χ1) is 15.5. The summed E-state index contributed by atoms with van der Waals surface area (Å²) in [6.45, 7) is 0. The Morgan fingerprint density at radius 2 is 2.00 bits per heavy atom. The van der Waals surface area contributed by atoms with E-state index in [2.05, 4.69) is 20.6 Å². The lowest BCUT2D eigenvalue weighted by atomic mass is 10.2. The molecule has 3 aromatic heterocycles. The molecule has 4 aromatic rings. The van der Waals surface area contributed by atoms with Crippen molar-refractivity contribution < 1.29 is 14.0 Å². The highest BCUT2D eigenvalue weighted by Crippen LogP contribution is 2.33. The smallest absolute Gasteiger partial charge is 0.231 e. The third kappa shape index (κ3) is 5.81. The second kappa shape index (κ2) is 10.1. The van der Waals surface area contributed by atoms with Gasteiger partial charge in [0.15, 0.2) is 10.3 Å². The summed E-state index contributed by atoms with van der Waals surface area (Å²) in [7, 11) is 1.86. The number of thiophene rings is 1. The molecule has 0 fully saturated rings. The number of carbonyl (C=O) groups is 2. The lowest BCUT2D eigenvalue weighted by Crippen LogP contribution is -2.16. The molecule has 7 nitrogen and oxygen atoms in total. The highest BCUT2D eigenvalue weighted by atomic mass is 32.2. The standard InChI is InChI=1S/C21H18FN5O2S3/c1-27-7-6-23-21(27)32-17-5-4-13(22)9-16(17)25-18(28)10-14-12-31-20(24-14)26-19(29)11-15-3-2-8-30-15/h2-9,12H,10-11H2,1H3,(H,25,28)(H,24,26,29). The van der Waals surface area contributed by atoms with E-state index in [1.54, 1.807) is 17.6 Å². The number of benzene rings is 1. The molecule has 0 saturated heterocycles. The molecule has 0 bridgehead atoms. The van der Waals surface area contributed by atoms with Crippen LogP contribution in [0.5, 0.6) is 0 Å². The third-order valence-electron chi connectivity index (χ3n) is 4.25. The van der Waals surface area contributed by atoms with Crippen molar-refractivity contribution in [3.05, 3.63) is 69.9 Å². The molecule has 0 unspecified atom stereocenters. The Labute approximate surface area is 195 Å². The SMILES string of the molecule is Cn1ccnc1Sc1ccc(F)cc1NC(=O)Cc1csc(NC(=O)Cc2cccs2)n1. The molecule has 0 aliphatic heterocycles. The molecule has 0 spiro atoms. The molecule has 11 heteroatoms. The lowest BCUT2D eigenvalue weighted by Gasteiger charge is -2.10. The van der Waals surface area contributed by atoms with Crippen molar-refractivity contribution in [2.75, 3.05) is 10.6 Å². The lowest BCUT2D eigenvalue weighted by molar-refractivity contribution is -0.116. The van der Waals surface area contributed by atoms with E-state index < -0.39 is 5.82 Å². The Balaban J connectivity index is 1.37. The number of rotatable bonds is 8. The Bertz CT molecular complexity index is 1240. The van der Waals surface area contributed by atoms with Gasteiger partial charge in [0, 0.05) is 34.6 Å². The van der Waals surface area contributed by atoms with E-state index in [1.807, 2.05) is 35.3 Å². The van der Waals surface area contributed by atoms with Crippen LogP contribution in [-0.2, 0) is 29.5 Å². The van der Waals surface area contributed by atoms with E-state index in [0.29, 0.717) is 21.4 Å². The monoisotopic (exact) mass is 487 g/mol. The van der Waals surface area contributed by atoms with Crippen LogP contribution in [0.15, 0.2) is 63.5 Å². The van der Waals surface area contributed by atoms with Crippen molar-refractivity contribution in [3.8, 4) is 0 Å². The van der Waals surface area contributed by atoms with Crippen molar-refractivity contribution in [1.82, 2.24) is 14.5 Å². The average molecular weight is 488 g/mol. The van der Waals surface area contributed by atoms with Crippen LogP contribution in [0.3, 0.4) is 0 Å². The fourth-order valence-electron chi connectivity index (χ4n) is 2.78. The van der Waals surface area contributed by atoms with Crippen LogP contribution in [0, 0.1) is 5.82 Å². The molecule has 164 valence electrons. The highest BCUT2D eigenvalue weighted by Gasteiger charge is 2.14. The zero-order valence-corrected chi connectivity index (χ0v) is 19.3. The van der Waals surface area contributed by atoms with Crippen LogP contribution in [-0.4, -0.2) is 26.3 Å². The molecule has 3 heterocycles. The second-order valence-corrected chi connectivity index (χ2v) is 9.64. The number of thiazole rings is 1. The summed E-state index contributed by atoms with van der Waals surface area (Å²) in [6.07, 6.45) is 3.76. The van der Waals surface area contributed by atoms with Crippen LogP contribution in [0.25, 0.3) is 0 Å². The first-order valence-corrected chi connectivity index (χ1v) is 12.0. The molecule has 0 aliphatic rings. The highest BCUT2D eigenvalue weighted by molar-refractivity contribution is 7.99. The number of hydrogen-bond donors (Lipinski definition) is 2. The number of anilines is 2. The van der Waals surface area contributed by atoms with Crippen molar-refractivity contribution >= 4 is 57.1 Å². The summed E-state index contributed by atoms with van der Waals surface area (Å²) in [4.78, 5) is 34.9. The van der Waals surface area contributed by atoms with Crippen molar-refractivity contribution in [2.45, 2.75) is 22.9 Å². The van der Waals surface area contributed by atoms with Gasteiger partial charge < -0.3 is 15.2 Å². The third-order valence-corrected chi connectivity index (χ3v) is 7.08. The molecule has 0 radical (unpaired) electrons. The number of hydrogen-bond acceptors (Lipinski definition) is 7. The Morgan fingerprint density at radius 3 is 2.75 bits per heavy atom. The number of amides is 2. The van der Waals surface area contributed by atoms with E-state index in [0.717, 1.165) is 10.0 Å². The first-order valence-electron chi connectivity index (χ1n) is 9.47. The molecule has 4 rings (SSSR count). The molecule has 0 aliphatic carbocycles. The van der Waals surface area contributed by atoms with Gasteiger partial charge in [0.2, 0.25) is 11.8 Å². The van der Waals surface area contributed by atoms with E-state index in [-0.39, 0.29) is 24.7 Å². The minimum absolute atomic E-state index is 0.000317. The van der Waals surface area contributed by atoms with Gasteiger partial charge in [-0.2, -0.15) is 0 Å². The Hall–Kier alpha value is -3.02. The predicted molar refractivity (Wildman–Crippen MR) is 125 cm³/mol. The van der Waals surface area contributed by atoms with E-state index >= 15 is 0 Å². The summed E-state index contributed by atoms with van der Waals surface area (Å²) in [5.74, 6) is -0.943. The number of aromatic nitrogens is 3. The minimum atomic E-state index is -0.450. The zero-order chi connectivity index (χ0) is 22.5.